The third kappa shape index (κ3) is 7.09. The van der Waals surface area contributed by atoms with Gasteiger partial charge in [-0.05, 0) is 42.8 Å². The number of benzene rings is 3. The summed E-state index contributed by atoms with van der Waals surface area (Å²) in [6.07, 6.45) is 1.19. The molecule has 0 aliphatic heterocycles. The highest BCUT2D eigenvalue weighted by Crippen LogP contribution is 2.55. The van der Waals surface area contributed by atoms with Crippen LogP contribution in [-0.4, -0.2) is 13.0 Å². The molecule has 6 nitrogen and oxygen atoms in total. The average molecular weight is 460 g/mol. The molecule has 3 aromatic carbocycles. The molecule has 31 heavy (non-hydrogen) atoms. The molecular formula is C23H26O6P2. The van der Waals surface area contributed by atoms with E-state index >= 15 is 0 Å². The zero-order valence-corrected chi connectivity index (χ0v) is 19.1. The fraction of sp³-hybridized carbons (Fsp3) is 0.217. The van der Waals surface area contributed by atoms with Gasteiger partial charge in [0.2, 0.25) is 0 Å². The van der Waals surface area contributed by atoms with Crippen LogP contribution in [0, 0.1) is 0 Å². The number of phosphoric acid groups is 1. The lowest BCUT2D eigenvalue weighted by Crippen LogP contribution is -2.14. The maximum atomic E-state index is 13.7. The van der Waals surface area contributed by atoms with Gasteiger partial charge in [-0.3, -0.25) is 9.09 Å². The van der Waals surface area contributed by atoms with Gasteiger partial charge >= 0.3 is 7.82 Å². The molecule has 1 unspecified atom stereocenters. The quantitative estimate of drug-likeness (QED) is 0.223. The summed E-state index contributed by atoms with van der Waals surface area (Å²) in [5, 5.41) is 0.483. The Morgan fingerprint density at radius 3 is 1.65 bits per heavy atom. The van der Waals surface area contributed by atoms with Gasteiger partial charge in [0, 0.05) is 5.30 Å². The molecular weight excluding hydrogens is 434 g/mol. The van der Waals surface area contributed by atoms with Crippen molar-refractivity contribution >= 4 is 20.5 Å². The van der Waals surface area contributed by atoms with E-state index in [0.717, 1.165) is 12.8 Å². The van der Waals surface area contributed by atoms with Gasteiger partial charge in [-0.1, -0.05) is 67.9 Å². The standard InChI is InChI=1S/C23H26O6P2/c1-2-3-19-26-30(24,23-17-11-6-12-18-23)20-27-31(25,28-21-13-7-4-8-14-21)29-22-15-9-5-10-16-22/h4-18H,2-3,19-20H2,1H3. The highest BCUT2D eigenvalue weighted by atomic mass is 31.2. The summed E-state index contributed by atoms with van der Waals surface area (Å²) in [4.78, 5) is 0. The van der Waals surface area contributed by atoms with Gasteiger partial charge in [0.15, 0.2) is 0 Å². The van der Waals surface area contributed by atoms with Crippen LogP contribution in [0.3, 0.4) is 0 Å². The summed E-state index contributed by atoms with van der Waals surface area (Å²) in [5.74, 6) is 0.617. The van der Waals surface area contributed by atoms with Gasteiger partial charge in [0.05, 0.1) is 6.61 Å². The van der Waals surface area contributed by atoms with E-state index in [0.29, 0.717) is 23.4 Å². The lowest BCUT2D eigenvalue weighted by molar-refractivity contribution is 0.222. The van der Waals surface area contributed by atoms with Gasteiger partial charge in [-0.2, -0.15) is 0 Å². The Bertz CT molecular complexity index is 967. The smallest absolute Gasteiger partial charge is 0.395 e. The van der Waals surface area contributed by atoms with Crippen LogP contribution in [0.5, 0.6) is 11.5 Å². The van der Waals surface area contributed by atoms with Crippen molar-refractivity contribution in [3.8, 4) is 11.5 Å². The summed E-state index contributed by atoms with van der Waals surface area (Å²) < 4.78 is 49.7. The predicted octanol–water partition coefficient (Wildman–Crippen LogP) is 6.65. The minimum atomic E-state index is -4.17. The van der Waals surface area contributed by atoms with Crippen LogP contribution in [0.25, 0.3) is 0 Å². The van der Waals surface area contributed by atoms with Crippen LogP contribution in [0.1, 0.15) is 19.8 Å². The highest BCUT2D eigenvalue weighted by Gasteiger charge is 2.37. The zero-order valence-electron chi connectivity index (χ0n) is 17.3. The molecule has 0 aromatic heterocycles. The maximum absolute atomic E-state index is 13.7. The van der Waals surface area contributed by atoms with E-state index in [2.05, 4.69) is 0 Å². The van der Waals surface area contributed by atoms with Gasteiger partial charge in [0.25, 0.3) is 7.37 Å². The molecule has 8 heteroatoms. The lowest BCUT2D eigenvalue weighted by atomic mass is 10.3. The van der Waals surface area contributed by atoms with Crippen LogP contribution in [-0.2, 0) is 18.2 Å². The van der Waals surface area contributed by atoms with Crippen molar-refractivity contribution in [1.82, 2.24) is 0 Å². The first kappa shape index (κ1) is 23.3. The second-order valence-corrected chi connectivity index (χ2v) is 10.6. The van der Waals surface area contributed by atoms with E-state index in [1.54, 1.807) is 72.8 Å². The first-order chi connectivity index (χ1) is 15.0. The monoisotopic (exact) mass is 460 g/mol. The number of hydrogen-bond donors (Lipinski definition) is 0. The van der Waals surface area contributed by atoms with E-state index in [1.807, 2.05) is 25.1 Å². The third-order valence-electron chi connectivity index (χ3n) is 4.25. The van der Waals surface area contributed by atoms with E-state index in [1.165, 1.54) is 0 Å². The molecule has 0 heterocycles. The first-order valence-electron chi connectivity index (χ1n) is 10.1. The Morgan fingerprint density at radius 1 is 0.677 bits per heavy atom. The number of para-hydroxylation sites is 2. The molecule has 0 aliphatic carbocycles. The van der Waals surface area contributed by atoms with E-state index < -0.39 is 21.5 Å². The molecule has 0 N–H and O–H groups in total. The van der Waals surface area contributed by atoms with E-state index in [4.69, 9.17) is 18.1 Å². The Labute approximate surface area is 183 Å². The van der Waals surface area contributed by atoms with Crippen LogP contribution < -0.4 is 14.4 Å². The zero-order chi connectivity index (χ0) is 22.0. The molecule has 0 bridgehead atoms. The van der Waals surface area contributed by atoms with Crippen molar-refractivity contribution in [3.63, 3.8) is 0 Å². The van der Waals surface area contributed by atoms with Crippen molar-refractivity contribution in [1.29, 1.82) is 0 Å². The summed E-state index contributed by atoms with van der Waals surface area (Å²) in [7, 11) is -7.63. The number of phosphoric ester groups is 1. The van der Waals surface area contributed by atoms with E-state index in [-0.39, 0.29) is 0 Å². The fourth-order valence-corrected chi connectivity index (χ4v) is 6.14. The maximum Gasteiger partial charge on any atom is 0.588 e. The molecule has 3 aromatic rings. The normalized spacial score (nSPS) is 13.3. The molecule has 0 radical (unpaired) electrons. The topological polar surface area (TPSA) is 71.1 Å². The van der Waals surface area contributed by atoms with E-state index in [9.17, 15) is 9.13 Å². The Morgan fingerprint density at radius 2 is 1.16 bits per heavy atom. The largest absolute Gasteiger partial charge is 0.588 e. The van der Waals surface area contributed by atoms with Crippen molar-refractivity contribution in [2.45, 2.75) is 19.8 Å². The SMILES string of the molecule is CCCCOP(=O)(COP(=O)(Oc1ccccc1)Oc1ccccc1)c1ccccc1. The third-order valence-corrected chi connectivity index (χ3v) is 7.93. The lowest BCUT2D eigenvalue weighted by Gasteiger charge is -2.23. The van der Waals surface area contributed by atoms with Crippen LogP contribution >= 0.6 is 15.2 Å². The first-order valence-corrected chi connectivity index (χ1v) is 13.3. The van der Waals surface area contributed by atoms with Gasteiger partial charge < -0.3 is 13.6 Å². The summed E-state index contributed by atoms with van der Waals surface area (Å²) >= 11 is 0. The Balaban J connectivity index is 1.84. The number of rotatable bonds is 12. The molecule has 0 spiro atoms. The molecule has 164 valence electrons. The minimum absolute atomic E-state index is 0.301. The van der Waals surface area contributed by atoms with Crippen LogP contribution in [0.4, 0.5) is 0 Å². The molecule has 1 atom stereocenters. The minimum Gasteiger partial charge on any atom is -0.395 e. The Kier molecular flexibility index (Phi) is 8.51. The van der Waals surface area contributed by atoms with Gasteiger partial charge in [0.1, 0.15) is 17.8 Å². The summed E-state index contributed by atoms with van der Waals surface area (Å²) in [6, 6.07) is 25.9. The summed E-state index contributed by atoms with van der Waals surface area (Å²) in [6.45, 7) is 2.32. The van der Waals surface area contributed by atoms with Crippen LogP contribution in [0.15, 0.2) is 91.0 Å². The van der Waals surface area contributed by atoms with Crippen molar-refractivity contribution in [2.24, 2.45) is 0 Å². The van der Waals surface area contributed by atoms with Crippen molar-refractivity contribution in [3.05, 3.63) is 91.0 Å². The van der Waals surface area contributed by atoms with Gasteiger partial charge in [-0.15, -0.1) is 0 Å². The van der Waals surface area contributed by atoms with Crippen molar-refractivity contribution in [2.75, 3.05) is 13.0 Å². The molecule has 0 fully saturated rings. The van der Waals surface area contributed by atoms with Crippen molar-refractivity contribution < 1.29 is 27.2 Å². The number of hydrogen-bond acceptors (Lipinski definition) is 6. The molecule has 0 amide bonds. The van der Waals surface area contributed by atoms with Crippen LogP contribution in [0.2, 0.25) is 0 Å². The number of unbranched alkanes of at least 4 members (excludes halogenated alkanes) is 1. The Hall–Kier alpha value is -2.36. The molecule has 0 aliphatic rings. The van der Waals surface area contributed by atoms with Gasteiger partial charge in [-0.25, -0.2) is 4.57 Å². The average Bonchev–Trinajstić information content (AvgIpc) is 2.80. The summed E-state index contributed by atoms with van der Waals surface area (Å²) in [5.41, 5.74) is 0. The molecule has 3 rings (SSSR count). The second-order valence-electron chi connectivity index (χ2n) is 6.71. The molecule has 0 saturated heterocycles. The fourth-order valence-electron chi connectivity index (χ4n) is 2.64. The predicted molar refractivity (Wildman–Crippen MR) is 122 cm³/mol. The second kappa shape index (κ2) is 11.3. The molecule has 0 saturated carbocycles. The highest BCUT2D eigenvalue weighted by molar-refractivity contribution is 7.67.